The standard InChI is InChI=1S/C25H26N6S/c1-30-22-7-6-18(12-20(22)14-28-30)24-23(17-4-2-16(13-26)3-5-17)29-25(32-24)31-11-9-21-19(15-31)8-10-27-21/h2-5,12,14,19,21,27H,6-11,15H2,1H3. The molecule has 2 fully saturated rings. The Morgan fingerprint density at radius 3 is 2.91 bits per heavy atom. The van der Waals surface area contributed by atoms with Gasteiger partial charge in [-0.05, 0) is 61.9 Å². The predicted molar refractivity (Wildman–Crippen MR) is 128 cm³/mol. The molecule has 6 rings (SSSR count). The van der Waals surface area contributed by atoms with Crippen molar-refractivity contribution in [2.24, 2.45) is 13.0 Å². The van der Waals surface area contributed by atoms with E-state index in [4.69, 9.17) is 4.98 Å². The Morgan fingerprint density at radius 2 is 2.06 bits per heavy atom. The number of piperidine rings is 1. The zero-order valence-electron chi connectivity index (χ0n) is 18.2. The molecule has 32 heavy (non-hydrogen) atoms. The van der Waals surface area contributed by atoms with E-state index in [-0.39, 0.29) is 0 Å². The third-order valence-corrected chi connectivity index (χ3v) is 8.37. The highest BCUT2D eigenvalue weighted by molar-refractivity contribution is 7.17. The number of anilines is 1. The van der Waals surface area contributed by atoms with Gasteiger partial charge < -0.3 is 10.2 Å². The summed E-state index contributed by atoms with van der Waals surface area (Å²) < 4.78 is 1.99. The summed E-state index contributed by atoms with van der Waals surface area (Å²) in [6.45, 7) is 3.28. The van der Waals surface area contributed by atoms with E-state index in [0.717, 1.165) is 54.8 Å². The zero-order chi connectivity index (χ0) is 21.7. The molecule has 7 heteroatoms. The first-order chi connectivity index (χ1) is 15.7. The number of aryl methyl sites for hydroxylation is 1. The van der Waals surface area contributed by atoms with E-state index in [9.17, 15) is 5.26 Å². The van der Waals surface area contributed by atoms with Gasteiger partial charge in [-0.1, -0.05) is 23.5 Å². The second-order valence-electron chi connectivity index (χ2n) is 9.05. The van der Waals surface area contributed by atoms with Gasteiger partial charge in [0.25, 0.3) is 0 Å². The lowest BCUT2D eigenvalue weighted by Crippen LogP contribution is -2.44. The molecular formula is C25H26N6S. The summed E-state index contributed by atoms with van der Waals surface area (Å²) in [5.74, 6) is 0.723. The van der Waals surface area contributed by atoms with Crippen LogP contribution >= 0.6 is 11.3 Å². The normalized spacial score (nSPS) is 22.2. The number of hydrogen-bond donors (Lipinski definition) is 1. The first-order valence-electron chi connectivity index (χ1n) is 11.4. The number of fused-ring (bicyclic) bond motifs is 2. The van der Waals surface area contributed by atoms with E-state index < -0.39 is 0 Å². The van der Waals surface area contributed by atoms with Crippen molar-refractivity contribution in [1.82, 2.24) is 20.1 Å². The third-order valence-electron chi connectivity index (χ3n) is 7.18. The molecule has 2 saturated heterocycles. The molecule has 2 unspecified atom stereocenters. The Kier molecular flexibility index (Phi) is 4.85. The van der Waals surface area contributed by atoms with Gasteiger partial charge in [0.05, 0.1) is 28.4 Å². The molecule has 4 heterocycles. The highest BCUT2D eigenvalue weighted by Gasteiger charge is 2.34. The van der Waals surface area contributed by atoms with E-state index in [1.165, 1.54) is 34.5 Å². The molecular weight excluding hydrogens is 416 g/mol. The van der Waals surface area contributed by atoms with Crippen molar-refractivity contribution in [1.29, 1.82) is 5.26 Å². The maximum absolute atomic E-state index is 9.21. The average Bonchev–Trinajstić information content (AvgIpc) is 3.57. The van der Waals surface area contributed by atoms with E-state index in [0.29, 0.717) is 11.6 Å². The number of benzene rings is 1. The molecule has 6 nitrogen and oxygen atoms in total. The topological polar surface area (TPSA) is 69.8 Å². The van der Waals surface area contributed by atoms with Gasteiger partial charge in [-0.2, -0.15) is 10.4 Å². The molecule has 3 aliphatic rings. The number of aromatic nitrogens is 3. The van der Waals surface area contributed by atoms with Crippen LogP contribution in [-0.2, 0) is 13.5 Å². The van der Waals surface area contributed by atoms with Crippen LogP contribution in [0.25, 0.3) is 22.9 Å². The van der Waals surface area contributed by atoms with Gasteiger partial charge >= 0.3 is 0 Å². The van der Waals surface area contributed by atoms with Crippen molar-refractivity contribution in [3.8, 4) is 17.3 Å². The summed E-state index contributed by atoms with van der Waals surface area (Å²) >= 11 is 1.83. The Balaban J connectivity index is 1.41. The Morgan fingerprint density at radius 1 is 1.19 bits per heavy atom. The molecule has 1 N–H and O–H groups in total. The molecule has 0 saturated carbocycles. The van der Waals surface area contributed by atoms with Crippen molar-refractivity contribution in [2.45, 2.75) is 31.7 Å². The summed E-state index contributed by atoms with van der Waals surface area (Å²) in [6, 6.07) is 10.7. The fourth-order valence-electron chi connectivity index (χ4n) is 5.38. The van der Waals surface area contributed by atoms with Gasteiger partial charge in [-0.25, -0.2) is 4.98 Å². The van der Waals surface area contributed by atoms with Crippen LogP contribution in [0.1, 0.15) is 41.0 Å². The minimum atomic E-state index is 0.675. The molecule has 0 radical (unpaired) electrons. The summed E-state index contributed by atoms with van der Waals surface area (Å²) in [7, 11) is 2.02. The van der Waals surface area contributed by atoms with E-state index >= 15 is 0 Å². The van der Waals surface area contributed by atoms with Crippen LogP contribution in [0, 0.1) is 17.2 Å². The maximum Gasteiger partial charge on any atom is 0.186 e. The van der Waals surface area contributed by atoms with Gasteiger partial charge in [-0.15, -0.1) is 0 Å². The fraction of sp³-hybridized carbons (Fsp3) is 0.400. The average molecular weight is 443 g/mol. The van der Waals surface area contributed by atoms with Gasteiger partial charge in [0.2, 0.25) is 0 Å². The third kappa shape index (κ3) is 3.35. The lowest BCUT2D eigenvalue weighted by molar-refractivity contribution is 0.376. The number of nitrogens with one attached hydrogen (secondary N) is 1. The van der Waals surface area contributed by atoms with Crippen LogP contribution in [0.15, 0.2) is 30.5 Å². The molecule has 162 valence electrons. The second kappa shape index (κ2) is 7.88. The van der Waals surface area contributed by atoms with Crippen LogP contribution in [0.2, 0.25) is 0 Å². The molecule has 3 aromatic rings. The quantitative estimate of drug-likeness (QED) is 0.662. The van der Waals surface area contributed by atoms with E-state index in [1.807, 2.05) is 53.5 Å². The summed E-state index contributed by atoms with van der Waals surface area (Å²) in [4.78, 5) is 8.94. The molecule has 0 bridgehead atoms. The fourth-order valence-corrected chi connectivity index (χ4v) is 6.55. The van der Waals surface area contributed by atoms with Gasteiger partial charge in [0, 0.05) is 43.0 Å². The van der Waals surface area contributed by atoms with Crippen LogP contribution in [0.4, 0.5) is 5.13 Å². The van der Waals surface area contributed by atoms with Gasteiger partial charge in [0.15, 0.2) is 5.13 Å². The van der Waals surface area contributed by atoms with Gasteiger partial charge in [-0.3, -0.25) is 4.68 Å². The number of rotatable bonds is 3. The number of allylic oxidation sites excluding steroid dienone is 1. The largest absolute Gasteiger partial charge is 0.348 e. The SMILES string of the molecule is Cn1ncc2c1CCC(c1sc(N3CCC4NCCC4C3)nc1-c1ccc(C#N)cc1)=C2. The molecule has 0 amide bonds. The smallest absolute Gasteiger partial charge is 0.186 e. The van der Waals surface area contributed by atoms with Crippen molar-refractivity contribution in [3.63, 3.8) is 0 Å². The summed E-state index contributed by atoms with van der Waals surface area (Å²) in [6.07, 6.45) is 8.70. The summed E-state index contributed by atoms with van der Waals surface area (Å²) in [5.41, 5.74) is 6.66. The number of nitriles is 1. The predicted octanol–water partition coefficient (Wildman–Crippen LogP) is 4.09. The lowest BCUT2D eigenvalue weighted by Gasteiger charge is -2.34. The molecule has 0 spiro atoms. The van der Waals surface area contributed by atoms with E-state index in [2.05, 4.69) is 27.5 Å². The van der Waals surface area contributed by atoms with Crippen molar-refractivity contribution >= 4 is 28.1 Å². The number of nitrogens with zero attached hydrogens (tertiary/aromatic N) is 5. The van der Waals surface area contributed by atoms with E-state index in [1.54, 1.807) is 0 Å². The molecule has 1 aromatic carbocycles. The minimum absolute atomic E-state index is 0.675. The lowest BCUT2D eigenvalue weighted by atomic mass is 9.94. The maximum atomic E-state index is 9.21. The Hall–Kier alpha value is -2.95. The van der Waals surface area contributed by atoms with Crippen LogP contribution in [0.3, 0.4) is 0 Å². The highest BCUT2D eigenvalue weighted by Crippen LogP contribution is 2.43. The van der Waals surface area contributed by atoms with Crippen molar-refractivity contribution < 1.29 is 0 Å². The molecule has 1 aliphatic carbocycles. The van der Waals surface area contributed by atoms with Crippen molar-refractivity contribution in [3.05, 3.63) is 52.2 Å². The monoisotopic (exact) mass is 442 g/mol. The number of thiazole rings is 1. The molecule has 2 atom stereocenters. The minimum Gasteiger partial charge on any atom is -0.348 e. The second-order valence-corrected chi connectivity index (χ2v) is 10.0. The first-order valence-corrected chi connectivity index (χ1v) is 12.2. The molecule has 2 aliphatic heterocycles. The first kappa shape index (κ1) is 19.7. The van der Waals surface area contributed by atoms with Crippen LogP contribution < -0.4 is 10.2 Å². The highest BCUT2D eigenvalue weighted by atomic mass is 32.1. The van der Waals surface area contributed by atoms with Crippen molar-refractivity contribution in [2.75, 3.05) is 24.5 Å². The van der Waals surface area contributed by atoms with Gasteiger partial charge in [0.1, 0.15) is 0 Å². The Bertz CT molecular complexity index is 1230. The Labute approximate surface area is 192 Å². The van der Waals surface area contributed by atoms with Crippen LogP contribution in [-0.4, -0.2) is 40.4 Å². The summed E-state index contributed by atoms with van der Waals surface area (Å²) in [5, 5.41) is 18.4. The van der Waals surface area contributed by atoms with Crippen LogP contribution in [0.5, 0.6) is 0 Å². The zero-order valence-corrected chi connectivity index (χ0v) is 19.0. The molecule has 2 aromatic heterocycles. The number of hydrogen-bond acceptors (Lipinski definition) is 6.